The van der Waals surface area contributed by atoms with Crippen molar-refractivity contribution in [3.8, 4) is 0 Å². The molecule has 1 heterocycles. The molecule has 1 atom stereocenters. The Morgan fingerprint density at radius 2 is 1.84 bits per heavy atom. The van der Waals surface area contributed by atoms with Crippen molar-refractivity contribution >= 4 is 22.0 Å². The summed E-state index contributed by atoms with van der Waals surface area (Å²) in [5.74, 6) is -4.06. The predicted molar refractivity (Wildman–Crippen MR) is 107 cm³/mol. The lowest BCUT2D eigenvalue weighted by atomic mass is 9.96. The monoisotopic (exact) mass is 464 g/mol. The molecule has 1 unspecified atom stereocenters. The van der Waals surface area contributed by atoms with Gasteiger partial charge in [0, 0.05) is 6.54 Å². The van der Waals surface area contributed by atoms with E-state index < -0.39 is 40.1 Å². The van der Waals surface area contributed by atoms with Crippen LogP contribution in [0.5, 0.6) is 0 Å². The van der Waals surface area contributed by atoms with Gasteiger partial charge in [-0.2, -0.15) is 13.2 Å². The number of esters is 2. The number of sulfonamides is 1. The number of hydrogen-bond acceptors (Lipinski definition) is 6. The zero-order valence-electron chi connectivity index (χ0n) is 17.5. The average molecular weight is 465 g/mol. The fraction of sp³-hybridized carbons (Fsp3) is 0.600. The zero-order chi connectivity index (χ0) is 23.3. The van der Waals surface area contributed by atoms with Gasteiger partial charge in [-0.3, -0.25) is 4.79 Å². The van der Waals surface area contributed by atoms with Gasteiger partial charge in [0.15, 0.2) is 0 Å². The van der Waals surface area contributed by atoms with E-state index in [0.29, 0.717) is 6.54 Å². The molecule has 1 aliphatic rings. The van der Waals surface area contributed by atoms with E-state index in [1.54, 1.807) is 24.1 Å². The Morgan fingerprint density at radius 1 is 1.19 bits per heavy atom. The minimum absolute atomic E-state index is 0.0135. The molecule has 0 aromatic heterocycles. The second-order valence-corrected chi connectivity index (χ2v) is 9.59. The van der Waals surface area contributed by atoms with Crippen molar-refractivity contribution < 1.29 is 35.9 Å². The standard InChI is InChI=1S/C20H27F3N2O5S/c1-3-4-5-6-15-7-9-16(10-8-15)31(28,29)24-19(11-12-25(2)14-19)13-17(26)30-18(27)20(21,22)23/h7-10,24H,3-6,11-14H2,1-2H3. The summed E-state index contributed by atoms with van der Waals surface area (Å²) >= 11 is 0. The van der Waals surface area contributed by atoms with Gasteiger partial charge < -0.3 is 9.64 Å². The Labute approximate surface area is 180 Å². The fourth-order valence-corrected chi connectivity index (χ4v) is 5.00. The van der Waals surface area contributed by atoms with Gasteiger partial charge in [-0.15, -0.1) is 0 Å². The van der Waals surface area contributed by atoms with Gasteiger partial charge >= 0.3 is 18.1 Å². The van der Waals surface area contributed by atoms with Gasteiger partial charge in [-0.1, -0.05) is 31.9 Å². The molecule has 1 aromatic carbocycles. The normalized spacial score (nSPS) is 20.0. The number of nitrogens with zero attached hydrogens (tertiary/aromatic N) is 1. The highest BCUT2D eigenvalue weighted by Gasteiger charge is 2.46. The van der Waals surface area contributed by atoms with Crippen LogP contribution in [0.2, 0.25) is 0 Å². The Bertz CT molecular complexity index is 887. The van der Waals surface area contributed by atoms with Crippen molar-refractivity contribution in [2.45, 2.75) is 62.1 Å². The van der Waals surface area contributed by atoms with E-state index in [0.717, 1.165) is 31.2 Å². The number of alkyl halides is 3. The van der Waals surface area contributed by atoms with Crippen LogP contribution >= 0.6 is 0 Å². The highest BCUT2D eigenvalue weighted by molar-refractivity contribution is 7.89. The van der Waals surface area contributed by atoms with Crippen LogP contribution in [0.3, 0.4) is 0 Å². The van der Waals surface area contributed by atoms with Gasteiger partial charge in [-0.25, -0.2) is 17.9 Å². The Kier molecular flexibility index (Phi) is 8.23. The molecule has 2 rings (SSSR count). The lowest BCUT2D eigenvalue weighted by molar-refractivity contribution is -0.202. The fourth-order valence-electron chi connectivity index (χ4n) is 3.58. The van der Waals surface area contributed by atoms with Crippen LogP contribution in [-0.4, -0.2) is 57.1 Å². The summed E-state index contributed by atoms with van der Waals surface area (Å²) in [5.41, 5.74) is -0.381. The molecule has 11 heteroatoms. The van der Waals surface area contributed by atoms with Crippen LogP contribution in [0, 0.1) is 0 Å². The highest BCUT2D eigenvalue weighted by Crippen LogP contribution is 2.28. The van der Waals surface area contributed by atoms with Gasteiger partial charge in [0.2, 0.25) is 10.0 Å². The van der Waals surface area contributed by atoms with Crippen molar-refractivity contribution in [3.05, 3.63) is 29.8 Å². The molecule has 0 aliphatic carbocycles. The summed E-state index contributed by atoms with van der Waals surface area (Å²) in [6, 6.07) is 6.35. The van der Waals surface area contributed by atoms with Crippen molar-refractivity contribution in [3.63, 3.8) is 0 Å². The van der Waals surface area contributed by atoms with Crippen LogP contribution < -0.4 is 4.72 Å². The van der Waals surface area contributed by atoms with Crippen molar-refractivity contribution in [2.24, 2.45) is 0 Å². The third-order valence-corrected chi connectivity index (χ3v) is 6.71. The van der Waals surface area contributed by atoms with E-state index in [1.807, 2.05) is 0 Å². The molecule has 1 N–H and O–H groups in total. The molecule has 174 valence electrons. The molecular formula is C20H27F3N2O5S. The lowest BCUT2D eigenvalue weighted by Crippen LogP contribution is -2.51. The van der Waals surface area contributed by atoms with Gasteiger partial charge in [0.25, 0.3) is 0 Å². The first kappa shape index (κ1) is 25.3. The van der Waals surface area contributed by atoms with Gasteiger partial charge in [0.1, 0.15) is 0 Å². The number of aryl methyl sites for hydroxylation is 1. The van der Waals surface area contributed by atoms with Crippen LogP contribution in [0.4, 0.5) is 13.2 Å². The van der Waals surface area contributed by atoms with E-state index in [9.17, 15) is 31.2 Å². The Hall–Kier alpha value is -1.98. The first-order valence-electron chi connectivity index (χ1n) is 10.0. The van der Waals surface area contributed by atoms with Gasteiger partial charge in [0.05, 0.1) is 16.9 Å². The number of rotatable bonds is 9. The number of benzene rings is 1. The largest absolute Gasteiger partial charge is 0.491 e. The van der Waals surface area contributed by atoms with Crippen LogP contribution in [0.25, 0.3) is 0 Å². The second kappa shape index (κ2) is 10.1. The molecule has 0 spiro atoms. The second-order valence-electron chi connectivity index (χ2n) is 7.91. The van der Waals surface area contributed by atoms with Crippen molar-refractivity contribution in [2.75, 3.05) is 20.1 Å². The number of likely N-dealkylation sites (N-methyl/N-ethyl adjacent to an activating group) is 1. The van der Waals surface area contributed by atoms with E-state index in [1.165, 1.54) is 12.1 Å². The van der Waals surface area contributed by atoms with Crippen molar-refractivity contribution in [1.82, 2.24) is 9.62 Å². The summed E-state index contributed by atoms with van der Waals surface area (Å²) < 4.78 is 69.2. The number of halogens is 3. The molecule has 0 saturated carbocycles. The lowest BCUT2D eigenvalue weighted by Gasteiger charge is -2.29. The number of unbranched alkanes of at least 4 members (excludes halogenated alkanes) is 2. The molecule has 31 heavy (non-hydrogen) atoms. The minimum atomic E-state index is -5.31. The summed E-state index contributed by atoms with van der Waals surface area (Å²) in [6.45, 7) is 2.59. The third kappa shape index (κ3) is 7.29. The number of nitrogens with one attached hydrogen (secondary N) is 1. The maximum absolute atomic E-state index is 12.9. The summed E-state index contributed by atoms with van der Waals surface area (Å²) in [7, 11) is -2.37. The molecule has 0 bridgehead atoms. The number of likely N-dealkylation sites (tertiary alicyclic amines) is 1. The van der Waals surface area contributed by atoms with E-state index in [2.05, 4.69) is 16.4 Å². The molecule has 1 aliphatic heterocycles. The maximum Gasteiger partial charge on any atom is 0.491 e. The Morgan fingerprint density at radius 3 is 2.35 bits per heavy atom. The maximum atomic E-state index is 12.9. The van der Waals surface area contributed by atoms with E-state index >= 15 is 0 Å². The smallest absolute Gasteiger partial charge is 0.386 e. The van der Waals surface area contributed by atoms with Gasteiger partial charge in [-0.05, 0) is 50.6 Å². The average Bonchev–Trinajstić information content (AvgIpc) is 3.00. The molecule has 7 nitrogen and oxygen atoms in total. The van der Waals surface area contributed by atoms with E-state index in [-0.39, 0.29) is 17.9 Å². The van der Waals surface area contributed by atoms with Crippen LogP contribution in [0.1, 0.15) is 44.6 Å². The molecular weight excluding hydrogens is 437 g/mol. The minimum Gasteiger partial charge on any atom is -0.386 e. The summed E-state index contributed by atoms with van der Waals surface area (Å²) in [5, 5.41) is 0. The molecule has 0 amide bonds. The number of hydrogen-bond donors (Lipinski definition) is 1. The van der Waals surface area contributed by atoms with Crippen LogP contribution in [-0.2, 0) is 30.8 Å². The number of carbonyl (C=O) groups is 2. The number of carbonyl (C=O) groups excluding carboxylic acids is 2. The van der Waals surface area contributed by atoms with Crippen LogP contribution in [0.15, 0.2) is 29.2 Å². The highest BCUT2D eigenvalue weighted by atomic mass is 32.2. The zero-order valence-corrected chi connectivity index (χ0v) is 18.3. The molecule has 1 aromatic rings. The molecule has 0 radical (unpaired) electrons. The van der Waals surface area contributed by atoms with Crippen molar-refractivity contribution in [1.29, 1.82) is 0 Å². The topological polar surface area (TPSA) is 92.8 Å². The quantitative estimate of drug-likeness (QED) is 0.343. The SMILES string of the molecule is CCCCCc1ccc(S(=O)(=O)NC2(CC(=O)OC(=O)C(F)(F)F)CCN(C)C2)cc1. The molecule has 1 saturated heterocycles. The Balaban J connectivity index is 2.14. The molecule has 1 fully saturated rings. The van der Waals surface area contributed by atoms with E-state index in [4.69, 9.17) is 0 Å². The first-order chi connectivity index (χ1) is 14.4. The number of ether oxygens (including phenoxy) is 1. The predicted octanol–water partition coefficient (Wildman–Crippen LogP) is 2.79. The first-order valence-corrected chi connectivity index (χ1v) is 11.5. The summed E-state index contributed by atoms with van der Waals surface area (Å²) in [6.07, 6.45) is -1.87. The summed E-state index contributed by atoms with van der Waals surface area (Å²) in [4.78, 5) is 24.6. The third-order valence-electron chi connectivity index (χ3n) is 5.12.